The molecule has 0 unspecified atom stereocenters. The Bertz CT molecular complexity index is 980. The number of hydrogen-bond donors (Lipinski definition) is 0. The van der Waals surface area contributed by atoms with Crippen molar-refractivity contribution in [1.82, 2.24) is 9.80 Å². The molecule has 2 nitrogen and oxygen atoms in total. The molecule has 32 heavy (non-hydrogen) atoms. The maximum Gasteiger partial charge on any atom is 0.0336 e. The highest BCUT2D eigenvalue weighted by atomic mass is 15.3. The highest BCUT2D eigenvalue weighted by Gasteiger charge is 2.41. The van der Waals surface area contributed by atoms with Gasteiger partial charge in [0.15, 0.2) is 0 Å². The summed E-state index contributed by atoms with van der Waals surface area (Å²) in [6, 6.07) is 28.3. The smallest absolute Gasteiger partial charge is 0.0336 e. The molecular formula is C30H36N2. The summed E-state index contributed by atoms with van der Waals surface area (Å²) in [5.74, 6) is 0.404. The van der Waals surface area contributed by atoms with Crippen molar-refractivity contribution >= 4 is 0 Å². The molecular weight excluding hydrogens is 388 g/mol. The minimum Gasteiger partial charge on any atom is -0.296 e. The number of rotatable bonds is 5. The molecule has 2 saturated heterocycles. The first-order valence-corrected chi connectivity index (χ1v) is 12.2. The van der Waals surface area contributed by atoms with Gasteiger partial charge in [-0.05, 0) is 68.0 Å². The molecule has 2 heteroatoms. The van der Waals surface area contributed by atoms with E-state index in [1.807, 2.05) is 0 Å². The first-order chi connectivity index (χ1) is 15.6. The van der Waals surface area contributed by atoms with Gasteiger partial charge in [0.25, 0.3) is 0 Å². The fourth-order valence-corrected chi connectivity index (χ4v) is 6.30. The predicted molar refractivity (Wildman–Crippen MR) is 134 cm³/mol. The minimum atomic E-state index is 0.404. The largest absolute Gasteiger partial charge is 0.296 e. The molecule has 5 rings (SSSR count). The van der Waals surface area contributed by atoms with Crippen LogP contribution in [0.3, 0.4) is 0 Å². The first-order valence-electron chi connectivity index (χ1n) is 12.2. The third kappa shape index (κ3) is 4.27. The number of piperazine rings is 1. The van der Waals surface area contributed by atoms with Crippen molar-refractivity contribution in [2.45, 2.75) is 58.2 Å². The van der Waals surface area contributed by atoms with Crippen LogP contribution in [0.4, 0.5) is 0 Å². The second-order valence-corrected chi connectivity index (χ2v) is 9.97. The Hall–Kier alpha value is -2.42. The lowest BCUT2D eigenvalue weighted by Crippen LogP contribution is -2.57. The Morgan fingerprint density at radius 2 is 1.41 bits per heavy atom. The minimum absolute atomic E-state index is 0.404. The molecule has 0 saturated carbocycles. The quantitative estimate of drug-likeness (QED) is 0.489. The molecule has 2 aliphatic heterocycles. The van der Waals surface area contributed by atoms with Crippen molar-refractivity contribution < 1.29 is 0 Å². The Balaban J connectivity index is 1.50. The Morgan fingerprint density at radius 1 is 0.812 bits per heavy atom. The van der Waals surface area contributed by atoms with Gasteiger partial charge in [0.2, 0.25) is 0 Å². The van der Waals surface area contributed by atoms with Gasteiger partial charge in [-0.25, -0.2) is 0 Å². The van der Waals surface area contributed by atoms with E-state index in [4.69, 9.17) is 0 Å². The average molecular weight is 425 g/mol. The second-order valence-electron chi connectivity index (χ2n) is 9.97. The monoisotopic (exact) mass is 424 g/mol. The van der Waals surface area contributed by atoms with Crippen molar-refractivity contribution in [3.8, 4) is 0 Å². The third-order valence-electron chi connectivity index (χ3n) is 7.69. The van der Waals surface area contributed by atoms with Crippen LogP contribution in [0.25, 0.3) is 0 Å². The summed E-state index contributed by atoms with van der Waals surface area (Å²) in [5.41, 5.74) is 8.66. The molecule has 3 aromatic rings. The number of nitrogens with zero attached hydrogens (tertiary/aromatic N) is 2. The molecule has 3 aromatic carbocycles. The molecule has 0 aliphatic carbocycles. The van der Waals surface area contributed by atoms with Crippen LogP contribution in [0, 0.1) is 20.8 Å². The van der Waals surface area contributed by atoms with Crippen LogP contribution in [0.2, 0.25) is 0 Å². The van der Waals surface area contributed by atoms with Gasteiger partial charge in [-0.2, -0.15) is 0 Å². The second kappa shape index (κ2) is 9.21. The summed E-state index contributed by atoms with van der Waals surface area (Å²) in [4.78, 5) is 5.59. The van der Waals surface area contributed by atoms with Crippen molar-refractivity contribution in [2.24, 2.45) is 0 Å². The van der Waals surface area contributed by atoms with Gasteiger partial charge in [-0.3, -0.25) is 9.80 Å². The molecule has 0 radical (unpaired) electrons. The van der Waals surface area contributed by atoms with Crippen molar-refractivity contribution in [3.05, 3.63) is 106 Å². The Kier molecular flexibility index (Phi) is 6.17. The SMILES string of the molecule is Cc1cc(C)c(CN2C[C@@H]3CCCN3[C@H](C(c3ccccc3)c3ccccc3)C2)c(C)c1. The maximum absolute atomic E-state index is 2.84. The topological polar surface area (TPSA) is 6.48 Å². The van der Waals surface area contributed by atoms with Gasteiger partial charge in [-0.15, -0.1) is 0 Å². The van der Waals surface area contributed by atoms with Gasteiger partial charge in [-0.1, -0.05) is 78.4 Å². The number of aryl methyl sites for hydroxylation is 3. The zero-order chi connectivity index (χ0) is 22.1. The molecule has 0 amide bonds. The van der Waals surface area contributed by atoms with Crippen LogP contribution in [-0.4, -0.2) is 41.5 Å². The van der Waals surface area contributed by atoms with Crippen LogP contribution >= 0.6 is 0 Å². The van der Waals surface area contributed by atoms with Gasteiger partial charge in [0.1, 0.15) is 0 Å². The molecule has 2 fully saturated rings. The van der Waals surface area contributed by atoms with Gasteiger partial charge < -0.3 is 0 Å². The summed E-state index contributed by atoms with van der Waals surface area (Å²) >= 11 is 0. The zero-order valence-electron chi connectivity index (χ0n) is 19.8. The fourth-order valence-electron chi connectivity index (χ4n) is 6.30. The first kappa shape index (κ1) is 21.4. The van der Waals surface area contributed by atoms with Gasteiger partial charge in [0, 0.05) is 37.6 Å². The molecule has 2 aliphatic rings. The Morgan fingerprint density at radius 3 is 2.00 bits per heavy atom. The highest BCUT2D eigenvalue weighted by Crippen LogP contribution is 2.38. The predicted octanol–water partition coefficient (Wildman–Crippen LogP) is 6.09. The van der Waals surface area contributed by atoms with E-state index in [1.54, 1.807) is 0 Å². The summed E-state index contributed by atoms with van der Waals surface area (Å²) < 4.78 is 0. The van der Waals surface area contributed by atoms with Crippen molar-refractivity contribution in [2.75, 3.05) is 19.6 Å². The lowest BCUT2D eigenvalue weighted by Gasteiger charge is -2.47. The fraction of sp³-hybridized carbons (Fsp3) is 0.400. The van der Waals surface area contributed by atoms with E-state index < -0.39 is 0 Å². The third-order valence-corrected chi connectivity index (χ3v) is 7.69. The van der Waals surface area contributed by atoms with Crippen LogP contribution in [-0.2, 0) is 6.54 Å². The average Bonchev–Trinajstić information content (AvgIpc) is 3.27. The number of benzene rings is 3. The van der Waals surface area contributed by atoms with Crippen LogP contribution in [0.15, 0.2) is 72.8 Å². The molecule has 0 N–H and O–H groups in total. The van der Waals surface area contributed by atoms with E-state index in [2.05, 4.69) is 103 Å². The molecule has 2 atom stereocenters. The summed E-state index contributed by atoms with van der Waals surface area (Å²) in [5, 5.41) is 0. The Labute approximate surface area is 193 Å². The summed E-state index contributed by atoms with van der Waals surface area (Å²) in [6.45, 7) is 11.4. The van der Waals surface area contributed by atoms with Crippen molar-refractivity contribution in [1.29, 1.82) is 0 Å². The lowest BCUT2D eigenvalue weighted by molar-refractivity contribution is 0.0382. The number of fused-ring (bicyclic) bond motifs is 1. The van der Waals surface area contributed by atoms with Crippen LogP contribution in [0.5, 0.6) is 0 Å². The summed E-state index contributed by atoms with van der Waals surface area (Å²) in [7, 11) is 0. The highest BCUT2D eigenvalue weighted by molar-refractivity contribution is 5.38. The molecule has 2 heterocycles. The standard InChI is InChI=1S/C30H36N2/c1-22-17-23(2)28(24(3)18-22)20-31-19-27-15-10-16-32(27)29(21-31)30(25-11-6-4-7-12-25)26-13-8-5-9-14-26/h4-9,11-14,17-18,27,29-30H,10,15-16,19-21H2,1-3H3/t27-,29-/m0/s1. The molecule has 166 valence electrons. The van der Waals surface area contributed by atoms with Crippen LogP contribution in [0.1, 0.15) is 52.1 Å². The van der Waals surface area contributed by atoms with Gasteiger partial charge in [0.05, 0.1) is 0 Å². The maximum atomic E-state index is 2.84. The summed E-state index contributed by atoms with van der Waals surface area (Å²) in [6.07, 6.45) is 2.66. The normalized spacial score (nSPS) is 21.8. The molecule has 0 bridgehead atoms. The van der Waals surface area contributed by atoms with E-state index >= 15 is 0 Å². The van der Waals surface area contributed by atoms with E-state index in [0.29, 0.717) is 18.0 Å². The van der Waals surface area contributed by atoms with E-state index in [9.17, 15) is 0 Å². The number of hydrogen-bond acceptors (Lipinski definition) is 2. The molecule has 0 aromatic heterocycles. The van der Waals surface area contributed by atoms with Crippen molar-refractivity contribution in [3.63, 3.8) is 0 Å². The van der Waals surface area contributed by atoms with E-state index in [1.165, 1.54) is 59.3 Å². The van der Waals surface area contributed by atoms with E-state index in [0.717, 1.165) is 13.1 Å². The molecule has 0 spiro atoms. The van der Waals surface area contributed by atoms with E-state index in [-0.39, 0.29) is 0 Å². The zero-order valence-corrected chi connectivity index (χ0v) is 19.8. The van der Waals surface area contributed by atoms with Crippen LogP contribution < -0.4 is 0 Å². The van der Waals surface area contributed by atoms with Gasteiger partial charge >= 0.3 is 0 Å². The lowest BCUT2D eigenvalue weighted by atomic mass is 9.82.